The van der Waals surface area contributed by atoms with Gasteiger partial charge in [-0.3, -0.25) is 10.1 Å². The van der Waals surface area contributed by atoms with Crippen molar-refractivity contribution in [1.29, 1.82) is 0 Å². The van der Waals surface area contributed by atoms with Crippen molar-refractivity contribution in [2.75, 3.05) is 12.4 Å². The van der Waals surface area contributed by atoms with Crippen LogP contribution >= 0.6 is 27.3 Å². The van der Waals surface area contributed by atoms with Crippen molar-refractivity contribution < 1.29 is 9.53 Å². The number of nitrogens with zero attached hydrogens (tertiary/aromatic N) is 4. The van der Waals surface area contributed by atoms with Crippen LogP contribution in [0.25, 0.3) is 0 Å². The van der Waals surface area contributed by atoms with Crippen molar-refractivity contribution in [3.8, 4) is 5.88 Å². The van der Waals surface area contributed by atoms with Crippen molar-refractivity contribution in [2.45, 2.75) is 13.3 Å². The molecule has 0 radical (unpaired) electrons. The Hall–Kier alpha value is -1.48. The molecule has 0 aliphatic rings. The number of carbonyl (C=O) groups is 1. The molecule has 0 spiro atoms. The average Bonchev–Trinajstić information content (AvgIpc) is 2.94. The van der Waals surface area contributed by atoms with Gasteiger partial charge in [-0.25, -0.2) is 4.68 Å². The molecule has 0 unspecified atom stereocenters. The zero-order chi connectivity index (χ0) is 14.0. The third-order valence-corrected chi connectivity index (χ3v) is 4.04. The SMILES string of the molecule is CCc1nnc(NC(=O)c2nn(C)c(OC)c2Br)s1. The monoisotopic (exact) mass is 345 g/mol. The maximum atomic E-state index is 12.1. The molecule has 0 saturated heterocycles. The van der Waals surface area contributed by atoms with E-state index in [4.69, 9.17) is 4.74 Å². The van der Waals surface area contributed by atoms with Crippen LogP contribution in [0.15, 0.2) is 4.47 Å². The lowest BCUT2D eigenvalue weighted by Gasteiger charge is -1.98. The molecule has 0 aromatic carbocycles. The minimum absolute atomic E-state index is 0.243. The predicted octanol–water partition coefficient (Wildman–Crippen LogP) is 1.86. The van der Waals surface area contributed by atoms with Gasteiger partial charge in [-0.15, -0.1) is 10.2 Å². The second-order valence-corrected chi connectivity index (χ2v) is 5.46. The number of methoxy groups -OCH3 is 1. The molecule has 2 aromatic heterocycles. The van der Waals surface area contributed by atoms with E-state index < -0.39 is 0 Å². The maximum Gasteiger partial charge on any atom is 0.279 e. The molecule has 102 valence electrons. The largest absolute Gasteiger partial charge is 0.480 e. The number of halogens is 1. The first-order chi connectivity index (χ1) is 9.06. The number of ether oxygens (including phenoxy) is 1. The lowest BCUT2D eigenvalue weighted by atomic mass is 10.4. The molecule has 0 saturated carbocycles. The summed E-state index contributed by atoms with van der Waals surface area (Å²) < 4.78 is 7.12. The van der Waals surface area contributed by atoms with Crippen LogP contribution in [0.5, 0.6) is 5.88 Å². The molecule has 1 N–H and O–H groups in total. The van der Waals surface area contributed by atoms with Crippen molar-refractivity contribution in [1.82, 2.24) is 20.0 Å². The van der Waals surface area contributed by atoms with Crippen LogP contribution < -0.4 is 10.1 Å². The molecule has 2 heterocycles. The number of rotatable bonds is 4. The first-order valence-electron chi connectivity index (χ1n) is 5.47. The Labute approximate surface area is 122 Å². The van der Waals surface area contributed by atoms with E-state index in [0.29, 0.717) is 15.5 Å². The molecule has 19 heavy (non-hydrogen) atoms. The summed E-state index contributed by atoms with van der Waals surface area (Å²) in [4.78, 5) is 12.1. The number of aromatic nitrogens is 4. The molecule has 2 aromatic rings. The Kier molecular flexibility index (Phi) is 4.15. The van der Waals surface area contributed by atoms with Gasteiger partial charge in [0.05, 0.1) is 7.11 Å². The van der Waals surface area contributed by atoms with Crippen LogP contribution in [-0.2, 0) is 13.5 Å². The second kappa shape index (κ2) is 5.66. The molecule has 7 nitrogen and oxygen atoms in total. The van der Waals surface area contributed by atoms with E-state index in [0.717, 1.165) is 11.4 Å². The zero-order valence-corrected chi connectivity index (χ0v) is 13.0. The Bertz CT molecular complexity index is 609. The number of hydrogen-bond acceptors (Lipinski definition) is 6. The fraction of sp³-hybridized carbons (Fsp3) is 0.400. The van der Waals surface area contributed by atoms with E-state index in [-0.39, 0.29) is 11.6 Å². The van der Waals surface area contributed by atoms with E-state index in [2.05, 4.69) is 36.5 Å². The van der Waals surface area contributed by atoms with Gasteiger partial charge in [0.2, 0.25) is 11.0 Å². The van der Waals surface area contributed by atoms with Gasteiger partial charge in [-0.1, -0.05) is 18.3 Å². The molecule has 9 heteroatoms. The highest BCUT2D eigenvalue weighted by Gasteiger charge is 2.21. The van der Waals surface area contributed by atoms with E-state index in [1.54, 1.807) is 7.05 Å². The topological polar surface area (TPSA) is 81.9 Å². The molecular weight excluding hydrogens is 334 g/mol. The van der Waals surface area contributed by atoms with Crippen LogP contribution in [-0.4, -0.2) is 33.0 Å². The van der Waals surface area contributed by atoms with Gasteiger partial charge in [0.15, 0.2) is 5.69 Å². The molecule has 0 fully saturated rings. The van der Waals surface area contributed by atoms with E-state index in [1.807, 2.05) is 6.92 Å². The fourth-order valence-corrected chi connectivity index (χ4v) is 2.81. The highest BCUT2D eigenvalue weighted by atomic mass is 79.9. The highest BCUT2D eigenvalue weighted by molar-refractivity contribution is 9.10. The third-order valence-electron chi connectivity index (χ3n) is 2.34. The number of nitrogens with one attached hydrogen (secondary N) is 1. The minimum Gasteiger partial charge on any atom is -0.480 e. The first-order valence-corrected chi connectivity index (χ1v) is 7.08. The normalized spacial score (nSPS) is 10.5. The Morgan fingerprint density at radius 3 is 2.79 bits per heavy atom. The third kappa shape index (κ3) is 2.76. The molecular formula is C10H12BrN5O2S. The quantitative estimate of drug-likeness (QED) is 0.914. The highest BCUT2D eigenvalue weighted by Crippen LogP contribution is 2.28. The summed E-state index contributed by atoms with van der Waals surface area (Å²) in [6.07, 6.45) is 0.786. The van der Waals surface area contributed by atoms with Gasteiger partial charge in [-0.05, 0) is 22.4 Å². The van der Waals surface area contributed by atoms with Crippen molar-refractivity contribution >= 4 is 38.3 Å². The number of anilines is 1. The summed E-state index contributed by atoms with van der Waals surface area (Å²) in [5, 5.41) is 15.9. The van der Waals surface area contributed by atoms with Crippen LogP contribution in [0, 0.1) is 0 Å². The van der Waals surface area contributed by atoms with Crippen molar-refractivity contribution in [3.63, 3.8) is 0 Å². The Morgan fingerprint density at radius 1 is 1.53 bits per heavy atom. The van der Waals surface area contributed by atoms with E-state index in [9.17, 15) is 4.79 Å². The summed E-state index contributed by atoms with van der Waals surface area (Å²) >= 11 is 4.64. The smallest absolute Gasteiger partial charge is 0.279 e. The summed E-state index contributed by atoms with van der Waals surface area (Å²) in [6.45, 7) is 1.98. The molecule has 0 bridgehead atoms. The van der Waals surface area contributed by atoms with Gasteiger partial charge in [0, 0.05) is 7.05 Å². The lowest BCUT2D eigenvalue weighted by Crippen LogP contribution is -2.13. The first kappa shape index (κ1) is 13.9. The number of hydrogen-bond donors (Lipinski definition) is 1. The number of carbonyl (C=O) groups excluding carboxylic acids is 1. The average molecular weight is 346 g/mol. The van der Waals surface area contributed by atoms with Gasteiger partial charge in [0.25, 0.3) is 5.91 Å². The number of amides is 1. The maximum absolute atomic E-state index is 12.1. The zero-order valence-electron chi connectivity index (χ0n) is 10.6. The minimum atomic E-state index is -0.357. The number of aryl methyl sites for hydroxylation is 2. The summed E-state index contributed by atoms with van der Waals surface area (Å²) in [5.74, 6) is 0.126. The van der Waals surface area contributed by atoms with Crippen LogP contribution in [0.1, 0.15) is 22.4 Å². The van der Waals surface area contributed by atoms with Gasteiger partial charge in [-0.2, -0.15) is 5.10 Å². The molecule has 0 aliphatic carbocycles. The lowest BCUT2D eigenvalue weighted by molar-refractivity contribution is 0.102. The molecule has 2 rings (SSSR count). The summed E-state index contributed by atoms with van der Waals surface area (Å²) in [7, 11) is 3.21. The standard InChI is InChI=1S/C10H12BrN5O2S/c1-4-5-13-14-10(19-5)12-8(17)7-6(11)9(18-3)16(2)15-7/h4H2,1-3H3,(H,12,14,17). The predicted molar refractivity (Wildman–Crippen MR) is 74.7 cm³/mol. The summed E-state index contributed by atoms with van der Waals surface area (Å²) in [5.41, 5.74) is 0.243. The Balaban J connectivity index is 2.20. The summed E-state index contributed by atoms with van der Waals surface area (Å²) in [6, 6.07) is 0. The molecule has 1 amide bonds. The second-order valence-electron chi connectivity index (χ2n) is 3.60. The van der Waals surface area contributed by atoms with E-state index in [1.165, 1.54) is 23.1 Å². The van der Waals surface area contributed by atoms with Gasteiger partial charge >= 0.3 is 0 Å². The van der Waals surface area contributed by atoms with Crippen molar-refractivity contribution in [2.24, 2.45) is 7.05 Å². The van der Waals surface area contributed by atoms with Gasteiger partial charge < -0.3 is 4.74 Å². The molecule has 0 aliphatic heterocycles. The molecule has 0 atom stereocenters. The van der Waals surface area contributed by atoms with Gasteiger partial charge in [0.1, 0.15) is 9.48 Å². The fourth-order valence-electron chi connectivity index (χ4n) is 1.45. The van der Waals surface area contributed by atoms with Crippen molar-refractivity contribution in [3.05, 3.63) is 15.2 Å². The Morgan fingerprint density at radius 2 is 2.26 bits per heavy atom. The van der Waals surface area contributed by atoms with Crippen LogP contribution in [0.3, 0.4) is 0 Å². The van der Waals surface area contributed by atoms with E-state index >= 15 is 0 Å². The van der Waals surface area contributed by atoms with Crippen LogP contribution in [0.2, 0.25) is 0 Å². The van der Waals surface area contributed by atoms with Crippen LogP contribution in [0.4, 0.5) is 5.13 Å².